The van der Waals surface area contributed by atoms with Crippen LogP contribution in [-0.4, -0.2) is 74.4 Å². The van der Waals surface area contributed by atoms with Crippen LogP contribution in [0.2, 0.25) is 5.02 Å². The van der Waals surface area contributed by atoms with E-state index in [1.54, 1.807) is 17.8 Å². The lowest BCUT2D eigenvalue weighted by Crippen LogP contribution is -2.32. The Kier molecular flexibility index (Phi) is 40.4. The molecule has 0 aromatic heterocycles. The zero-order chi connectivity index (χ0) is 37.7. The zero-order valence-corrected chi connectivity index (χ0v) is 33.2. The second kappa shape index (κ2) is 38.6. The Bertz CT molecular complexity index is 1000. The first kappa shape index (κ1) is 51.2. The molecule has 1 aromatic carbocycles. The number of thioether (sulfide) groups is 1. The van der Waals surface area contributed by atoms with Crippen LogP contribution < -0.4 is 21.8 Å². The molecule has 0 bridgehead atoms. The Morgan fingerprint density at radius 3 is 2.24 bits per heavy atom. The average molecular weight is 725 g/mol. The van der Waals surface area contributed by atoms with E-state index in [4.69, 9.17) is 38.6 Å². The van der Waals surface area contributed by atoms with Gasteiger partial charge in [0.1, 0.15) is 13.1 Å². The summed E-state index contributed by atoms with van der Waals surface area (Å²) in [7, 11) is 1.94. The van der Waals surface area contributed by atoms with E-state index in [0.29, 0.717) is 28.9 Å². The average Bonchev–Trinajstić information content (AvgIpc) is 3.63. The molecular weight excluding hydrogens is 654 g/mol. The number of likely N-dealkylation sites (N-methyl/N-ethyl adjacent to an activating group) is 1. The number of rotatable bonds is 20. The molecule has 1 aliphatic heterocycles. The van der Waals surface area contributed by atoms with Crippen molar-refractivity contribution in [2.45, 2.75) is 124 Å². The summed E-state index contributed by atoms with van der Waals surface area (Å²) in [6.07, 6.45) is 23.6. The summed E-state index contributed by atoms with van der Waals surface area (Å²) < 4.78 is 0. The van der Waals surface area contributed by atoms with Crippen molar-refractivity contribution in [3.8, 4) is 12.3 Å². The topological polar surface area (TPSA) is 120 Å². The van der Waals surface area contributed by atoms with E-state index in [1.165, 1.54) is 90.6 Å². The number of unbranched alkanes of at least 4 members (excludes halogenated alkanes) is 3. The number of halogens is 1. The number of nitrogen functional groups attached to an aromatic ring is 1. The van der Waals surface area contributed by atoms with Crippen LogP contribution in [-0.2, 0) is 9.59 Å². The van der Waals surface area contributed by atoms with Crippen LogP contribution in [0.3, 0.4) is 0 Å². The standard InChI is InChI=1S/C24H48N4OS.C9H8ClN.C3H8.C2H4O.CH2O/c1-4-11-24(28-17-9-10-18-28)13-8-6-5-7-12-23(14-16-27-29)26-21-30-19-15-22(2)20-25-3;1-3-7-4-6(2)5-8(10)9(7)11;1-3-2;1-2-3;1-2/h15,19,23-27,29H,2,4-14,16-18,20-21H2,1,3H3;1,4-5H,11H2,2H3;3H2,1-2H3;2H,1H3;1H2/b19-15-;;;;. The number of likely N-dealkylation sites (tertiary alicyclic amines) is 1. The smallest absolute Gasteiger partial charge is 0.116 e. The predicted octanol–water partition coefficient (Wildman–Crippen LogP) is 8.55. The third-order valence-corrected chi connectivity index (χ3v) is 8.39. The van der Waals surface area contributed by atoms with Crippen molar-refractivity contribution in [3.05, 3.63) is 51.9 Å². The van der Waals surface area contributed by atoms with Gasteiger partial charge in [-0.3, -0.25) is 0 Å². The second-order valence-electron chi connectivity index (χ2n) is 11.9. The maximum absolute atomic E-state index is 8.95. The number of carbonyl (C=O) groups excluding carboxylic acids is 2. The van der Waals surface area contributed by atoms with Crippen molar-refractivity contribution in [3.63, 3.8) is 0 Å². The molecule has 1 heterocycles. The van der Waals surface area contributed by atoms with E-state index >= 15 is 0 Å². The quantitative estimate of drug-likeness (QED) is 0.0172. The summed E-state index contributed by atoms with van der Waals surface area (Å²) in [4.78, 5) is 19.5. The van der Waals surface area contributed by atoms with Crippen molar-refractivity contribution < 1.29 is 14.8 Å². The van der Waals surface area contributed by atoms with Crippen LogP contribution >= 0.6 is 23.4 Å². The number of anilines is 1. The van der Waals surface area contributed by atoms with Gasteiger partial charge in [-0.25, -0.2) is 5.48 Å². The predicted molar refractivity (Wildman–Crippen MR) is 217 cm³/mol. The highest BCUT2D eigenvalue weighted by Gasteiger charge is 2.20. The molecule has 2 atom stereocenters. The summed E-state index contributed by atoms with van der Waals surface area (Å²) in [5.41, 5.74) is 11.2. The van der Waals surface area contributed by atoms with E-state index < -0.39 is 0 Å². The molecule has 10 heteroatoms. The molecule has 0 radical (unpaired) electrons. The van der Waals surface area contributed by atoms with E-state index in [2.05, 4.69) is 65.8 Å². The van der Waals surface area contributed by atoms with E-state index in [-0.39, 0.29) is 0 Å². The number of terminal acetylenes is 1. The molecular formula is C39H70ClN5O3S. The number of nitrogens with one attached hydrogen (secondary N) is 3. The van der Waals surface area contributed by atoms with Crippen molar-refractivity contribution in [1.29, 1.82) is 0 Å². The number of benzene rings is 1. The lowest BCUT2D eigenvalue weighted by atomic mass is 10.00. The SMILES string of the molecule is C#Cc1cc(C)cc(Cl)c1N.C=C(/C=C\SCNC(CCCCCCC(CCC)N1CCCC1)CCNO)CNC.C=O.CC=O.CCC. The van der Waals surface area contributed by atoms with Crippen LogP contribution in [0.5, 0.6) is 0 Å². The highest BCUT2D eigenvalue weighted by Crippen LogP contribution is 2.24. The molecule has 6 N–H and O–H groups in total. The zero-order valence-electron chi connectivity index (χ0n) is 31.6. The first-order valence-electron chi connectivity index (χ1n) is 17.8. The highest BCUT2D eigenvalue weighted by atomic mass is 35.5. The number of aryl methyl sites for hydroxylation is 1. The third kappa shape index (κ3) is 30.4. The first-order valence-corrected chi connectivity index (χ1v) is 19.3. The van der Waals surface area contributed by atoms with Crippen LogP contribution in [0.4, 0.5) is 5.69 Å². The molecule has 1 aliphatic rings. The van der Waals surface area contributed by atoms with E-state index in [0.717, 1.165) is 42.3 Å². The van der Waals surface area contributed by atoms with Gasteiger partial charge in [0.05, 0.1) is 10.7 Å². The number of carbonyl (C=O) groups is 2. The van der Waals surface area contributed by atoms with E-state index in [9.17, 15) is 0 Å². The maximum Gasteiger partial charge on any atom is 0.116 e. The molecule has 1 fully saturated rings. The highest BCUT2D eigenvalue weighted by molar-refractivity contribution is 8.02. The van der Waals surface area contributed by atoms with Crippen molar-refractivity contribution >= 4 is 42.1 Å². The third-order valence-electron chi connectivity index (χ3n) is 7.41. The normalized spacial score (nSPS) is 13.2. The largest absolute Gasteiger partial charge is 0.397 e. The molecule has 49 heavy (non-hydrogen) atoms. The number of nitrogens with two attached hydrogens (primary N) is 1. The molecule has 8 nitrogen and oxygen atoms in total. The fourth-order valence-electron chi connectivity index (χ4n) is 5.18. The minimum absolute atomic E-state index is 0.462. The van der Waals surface area contributed by atoms with Crippen LogP contribution in [0, 0.1) is 19.3 Å². The number of aldehydes is 1. The van der Waals surface area contributed by atoms with Crippen LogP contribution in [0.25, 0.3) is 0 Å². The summed E-state index contributed by atoms with van der Waals surface area (Å²) in [5.74, 6) is 3.36. The molecule has 2 rings (SSSR count). The van der Waals surface area contributed by atoms with Gasteiger partial charge in [-0.15, -0.1) is 18.2 Å². The molecule has 0 saturated carbocycles. The van der Waals surface area contributed by atoms with Gasteiger partial charge in [-0.2, -0.15) is 0 Å². The molecule has 2 unspecified atom stereocenters. The van der Waals surface area contributed by atoms with Gasteiger partial charge in [0.25, 0.3) is 0 Å². The Balaban J connectivity index is -0.000000909. The van der Waals surface area contributed by atoms with Gasteiger partial charge in [-0.1, -0.05) is 89.5 Å². The summed E-state index contributed by atoms with van der Waals surface area (Å²) in [6, 6.07) is 4.92. The number of nitrogens with zero attached hydrogens (tertiary/aromatic N) is 1. The van der Waals surface area contributed by atoms with Gasteiger partial charge in [0.2, 0.25) is 0 Å². The van der Waals surface area contributed by atoms with Gasteiger partial charge >= 0.3 is 0 Å². The summed E-state index contributed by atoms with van der Waals surface area (Å²) in [6.45, 7) is 20.1. The van der Waals surface area contributed by atoms with Crippen LogP contribution in [0.15, 0.2) is 35.8 Å². The molecule has 0 aliphatic carbocycles. The Morgan fingerprint density at radius 2 is 1.71 bits per heavy atom. The van der Waals surface area contributed by atoms with Gasteiger partial charge in [0.15, 0.2) is 0 Å². The molecule has 0 spiro atoms. The van der Waals surface area contributed by atoms with Crippen LogP contribution in [0.1, 0.15) is 116 Å². The first-order chi connectivity index (χ1) is 23.7. The van der Waals surface area contributed by atoms with Gasteiger partial charge in [-0.05, 0) is 101 Å². The fraction of sp³-hybridized carbons (Fsp3) is 0.641. The minimum atomic E-state index is 0.462. The monoisotopic (exact) mass is 723 g/mol. The van der Waals surface area contributed by atoms with Crippen molar-refractivity contribution in [2.24, 2.45) is 0 Å². The van der Waals surface area contributed by atoms with Gasteiger partial charge in [0, 0.05) is 36.6 Å². The lowest BCUT2D eigenvalue weighted by Gasteiger charge is -2.27. The number of hydrogen-bond donors (Lipinski definition) is 5. The van der Waals surface area contributed by atoms with Crippen molar-refractivity contribution in [1.82, 2.24) is 21.0 Å². The maximum atomic E-state index is 8.95. The minimum Gasteiger partial charge on any atom is -0.397 e. The molecule has 0 amide bonds. The molecule has 1 aromatic rings. The lowest BCUT2D eigenvalue weighted by molar-refractivity contribution is -0.106. The Labute approximate surface area is 309 Å². The Morgan fingerprint density at radius 1 is 1.12 bits per heavy atom. The number of hydroxylamine groups is 1. The molecule has 282 valence electrons. The Hall–Kier alpha value is -2.16. The van der Waals surface area contributed by atoms with Gasteiger partial charge < -0.3 is 36.1 Å². The second-order valence-corrected chi connectivity index (χ2v) is 13.2. The molecule has 1 saturated heterocycles. The van der Waals surface area contributed by atoms with Crippen molar-refractivity contribution in [2.75, 3.05) is 44.8 Å². The number of hydrogen-bond acceptors (Lipinski definition) is 9. The fourth-order valence-corrected chi connectivity index (χ4v) is 6.17. The summed E-state index contributed by atoms with van der Waals surface area (Å²) >= 11 is 7.55. The van der Waals surface area contributed by atoms with E-state index in [1.807, 2.05) is 26.8 Å². The summed E-state index contributed by atoms with van der Waals surface area (Å²) in [5, 5.41) is 18.3.